The van der Waals surface area contributed by atoms with Crippen LogP contribution in [-0.4, -0.2) is 30.7 Å². The van der Waals surface area contributed by atoms with Crippen LogP contribution >= 0.6 is 0 Å². The van der Waals surface area contributed by atoms with Crippen molar-refractivity contribution in [2.75, 3.05) is 13.7 Å². The second-order valence-corrected chi connectivity index (χ2v) is 5.31. The van der Waals surface area contributed by atoms with E-state index in [1.807, 2.05) is 7.05 Å². The highest BCUT2D eigenvalue weighted by atomic mass is 16.6. The van der Waals surface area contributed by atoms with Gasteiger partial charge in [-0.1, -0.05) is 12.1 Å². The highest BCUT2D eigenvalue weighted by molar-refractivity contribution is 5.32. The van der Waals surface area contributed by atoms with Gasteiger partial charge in [-0.15, -0.1) is 0 Å². The second kappa shape index (κ2) is 7.36. The predicted octanol–water partition coefficient (Wildman–Crippen LogP) is 2.68. The zero-order chi connectivity index (χ0) is 14.4. The summed E-state index contributed by atoms with van der Waals surface area (Å²) in [6.45, 7) is 0.687. The summed E-state index contributed by atoms with van der Waals surface area (Å²) < 4.78 is 5.90. The van der Waals surface area contributed by atoms with Crippen molar-refractivity contribution in [2.24, 2.45) is 0 Å². The summed E-state index contributed by atoms with van der Waals surface area (Å²) >= 11 is 0. The monoisotopic (exact) mass is 278 g/mol. The van der Waals surface area contributed by atoms with Crippen molar-refractivity contribution in [3.05, 3.63) is 39.9 Å². The molecule has 2 rings (SSSR count). The number of benzene rings is 1. The zero-order valence-corrected chi connectivity index (χ0v) is 11.9. The Morgan fingerprint density at radius 3 is 2.45 bits per heavy atom. The van der Waals surface area contributed by atoms with E-state index in [9.17, 15) is 10.1 Å². The van der Waals surface area contributed by atoms with Crippen molar-refractivity contribution in [1.29, 1.82) is 0 Å². The molecule has 5 heteroatoms. The fraction of sp³-hybridized carbons (Fsp3) is 0.600. The van der Waals surface area contributed by atoms with E-state index in [0.717, 1.165) is 24.8 Å². The number of hydrogen-bond acceptors (Lipinski definition) is 4. The van der Waals surface area contributed by atoms with Crippen LogP contribution in [0, 0.1) is 10.1 Å². The van der Waals surface area contributed by atoms with Crippen LogP contribution in [0.25, 0.3) is 0 Å². The highest BCUT2D eigenvalue weighted by Gasteiger charge is 2.20. The lowest BCUT2D eigenvalue weighted by Gasteiger charge is -2.28. The Bertz CT molecular complexity index is 425. The Morgan fingerprint density at radius 1 is 1.25 bits per heavy atom. The molecule has 1 fully saturated rings. The molecule has 110 valence electrons. The number of ether oxygens (including phenoxy) is 1. The van der Waals surface area contributed by atoms with Gasteiger partial charge in [-0.2, -0.15) is 0 Å². The molecule has 1 aromatic carbocycles. The van der Waals surface area contributed by atoms with E-state index in [4.69, 9.17) is 4.74 Å². The summed E-state index contributed by atoms with van der Waals surface area (Å²) in [5.74, 6) is 0. The lowest BCUT2D eigenvalue weighted by Crippen LogP contribution is -2.33. The van der Waals surface area contributed by atoms with Gasteiger partial charge in [0, 0.05) is 18.2 Å². The van der Waals surface area contributed by atoms with Crippen LogP contribution in [0.2, 0.25) is 0 Å². The minimum atomic E-state index is -0.375. The second-order valence-electron chi connectivity index (χ2n) is 5.31. The summed E-state index contributed by atoms with van der Waals surface area (Å²) in [4.78, 5) is 10.2. The molecule has 0 amide bonds. The molecule has 0 atom stereocenters. The molecular formula is C15H22N2O3. The molecule has 0 heterocycles. The molecule has 0 aromatic heterocycles. The van der Waals surface area contributed by atoms with Crippen molar-refractivity contribution in [1.82, 2.24) is 5.32 Å². The third-order valence-corrected chi connectivity index (χ3v) is 3.97. The van der Waals surface area contributed by atoms with Gasteiger partial charge in [0.25, 0.3) is 5.69 Å². The maximum atomic E-state index is 10.6. The molecule has 5 nitrogen and oxygen atoms in total. The highest BCUT2D eigenvalue weighted by Crippen LogP contribution is 2.21. The quantitative estimate of drug-likeness (QED) is 0.642. The molecule has 20 heavy (non-hydrogen) atoms. The van der Waals surface area contributed by atoms with Gasteiger partial charge in [-0.25, -0.2) is 0 Å². The predicted molar refractivity (Wildman–Crippen MR) is 77.9 cm³/mol. The fourth-order valence-electron chi connectivity index (χ4n) is 2.65. The first-order valence-corrected chi connectivity index (χ1v) is 7.21. The molecule has 0 unspecified atom stereocenters. The van der Waals surface area contributed by atoms with Crippen molar-refractivity contribution in [2.45, 2.75) is 44.2 Å². The van der Waals surface area contributed by atoms with E-state index in [0.29, 0.717) is 18.8 Å². The smallest absolute Gasteiger partial charge is 0.269 e. The Labute approximate surface area is 119 Å². The summed E-state index contributed by atoms with van der Waals surface area (Å²) in [7, 11) is 2.01. The van der Waals surface area contributed by atoms with Gasteiger partial charge < -0.3 is 10.1 Å². The van der Waals surface area contributed by atoms with Crippen LogP contribution < -0.4 is 5.32 Å². The maximum Gasteiger partial charge on any atom is 0.269 e. The minimum absolute atomic E-state index is 0.139. The number of nitrogens with zero attached hydrogens (tertiary/aromatic N) is 1. The Kier molecular flexibility index (Phi) is 5.49. The maximum absolute atomic E-state index is 10.6. The first-order valence-electron chi connectivity index (χ1n) is 7.21. The van der Waals surface area contributed by atoms with E-state index in [2.05, 4.69) is 5.32 Å². The zero-order valence-electron chi connectivity index (χ0n) is 11.9. The van der Waals surface area contributed by atoms with Crippen LogP contribution in [0.15, 0.2) is 24.3 Å². The van der Waals surface area contributed by atoms with Crippen LogP contribution in [0.3, 0.4) is 0 Å². The van der Waals surface area contributed by atoms with Crippen LogP contribution in [0.1, 0.15) is 31.2 Å². The molecule has 1 saturated carbocycles. The molecule has 1 aromatic rings. The van der Waals surface area contributed by atoms with Crippen LogP contribution in [0.4, 0.5) is 5.69 Å². The molecular weight excluding hydrogens is 256 g/mol. The Balaban J connectivity index is 1.69. The molecule has 1 aliphatic rings. The van der Waals surface area contributed by atoms with Gasteiger partial charge in [-0.3, -0.25) is 10.1 Å². The number of rotatable bonds is 6. The summed E-state index contributed by atoms with van der Waals surface area (Å²) in [5, 5.41) is 13.9. The number of nitro groups is 1. The van der Waals surface area contributed by atoms with Gasteiger partial charge in [0.2, 0.25) is 0 Å². The van der Waals surface area contributed by atoms with Crippen molar-refractivity contribution in [3.8, 4) is 0 Å². The Hall–Kier alpha value is -1.46. The Morgan fingerprint density at radius 2 is 1.90 bits per heavy atom. The van der Waals surface area contributed by atoms with E-state index in [-0.39, 0.29) is 10.6 Å². The largest absolute Gasteiger partial charge is 0.378 e. The van der Waals surface area contributed by atoms with Crippen molar-refractivity contribution < 1.29 is 9.66 Å². The van der Waals surface area contributed by atoms with Gasteiger partial charge >= 0.3 is 0 Å². The molecule has 1 N–H and O–H groups in total. The molecule has 0 radical (unpaired) electrons. The fourth-order valence-corrected chi connectivity index (χ4v) is 2.65. The SMILES string of the molecule is CNC1CCC(OCCc2ccc([N+](=O)[O-])cc2)CC1. The third kappa shape index (κ3) is 4.28. The first kappa shape index (κ1) is 14.9. The number of hydrogen-bond donors (Lipinski definition) is 1. The normalized spacial score (nSPS) is 22.6. The molecule has 0 bridgehead atoms. The van der Waals surface area contributed by atoms with Gasteiger partial charge in [0.1, 0.15) is 0 Å². The topological polar surface area (TPSA) is 64.4 Å². The third-order valence-electron chi connectivity index (χ3n) is 3.97. The van der Waals surface area contributed by atoms with Crippen molar-refractivity contribution >= 4 is 5.69 Å². The average Bonchev–Trinajstić information content (AvgIpc) is 2.48. The number of non-ortho nitro benzene ring substituents is 1. The standard InChI is InChI=1S/C15H22N2O3/c1-16-13-4-8-15(9-5-13)20-11-10-12-2-6-14(7-3-12)17(18)19/h2-3,6-7,13,15-16H,4-5,8-11H2,1H3. The van der Waals surface area contributed by atoms with Gasteiger partial charge in [0.15, 0.2) is 0 Å². The van der Waals surface area contributed by atoms with Crippen molar-refractivity contribution in [3.63, 3.8) is 0 Å². The minimum Gasteiger partial charge on any atom is -0.378 e. The van der Waals surface area contributed by atoms with Gasteiger partial charge in [-0.05, 0) is 44.7 Å². The van der Waals surface area contributed by atoms with E-state index >= 15 is 0 Å². The summed E-state index contributed by atoms with van der Waals surface area (Å²) in [6.07, 6.45) is 5.77. The van der Waals surface area contributed by atoms with E-state index in [1.54, 1.807) is 24.3 Å². The molecule has 1 aliphatic carbocycles. The average molecular weight is 278 g/mol. The van der Waals surface area contributed by atoms with E-state index < -0.39 is 0 Å². The number of nitro benzene ring substituents is 1. The lowest BCUT2D eigenvalue weighted by molar-refractivity contribution is -0.384. The molecule has 0 spiro atoms. The summed E-state index contributed by atoms with van der Waals surface area (Å²) in [5.41, 5.74) is 1.22. The molecule has 0 saturated heterocycles. The van der Waals surface area contributed by atoms with Crippen LogP contribution in [0.5, 0.6) is 0 Å². The van der Waals surface area contributed by atoms with Crippen LogP contribution in [-0.2, 0) is 11.2 Å². The summed E-state index contributed by atoms with van der Waals surface area (Å²) in [6, 6.07) is 7.35. The molecule has 0 aliphatic heterocycles. The first-order chi connectivity index (χ1) is 9.69. The lowest BCUT2D eigenvalue weighted by atomic mass is 9.93. The number of nitrogens with one attached hydrogen (secondary N) is 1. The van der Waals surface area contributed by atoms with Gasteiger partial charge in [0.05, 0.1) is 17.6 Å². The van der Waals surface area contributed by atoms with E-state index in [1.165, 1.54) is 12.8 Å².